The van der Waals surface area contributed by atoms with Crippen LogP contribution < -0.4 is 5.32 Å². The lowest BCUT2D eigenvalue weighted by molar-refractivity contribution is -0.0263. The van der Waals surface area contributed by atoms with Crippen molar-refractivity contribution in [2.24, 2.45) is 0 Å². The summed E-state index contributed by atoms with van der Waals surface area (Å²) in [6.07, 6.45) is -2.28. The monoisotopic (exact) mass is 191 g/mol. The molecule has 3 N–H and O–H groups in total. The molecule has 0 unspecified atom stereocenters. The number of rotatable bonds is 1. The fourth-order valence-electron chi connectivity index (χ4n) is 1.41. The first kappa shape index (κ1) is 8.18. The highest BCUT2D eigenvalue weighted by Crippen LogP contribution is 2.26. The maximum Gasteiger partial charge on any atom is 0.259 e. The van der Waals surface area contributed by atoms with Crippen molar-refractivity contribution in [3.63, 3.8) is 0 Å². The van der Waals surface area contributed by atoms with Gasteiger partial charge in [-0.3, -0.25) is 0 Å². The van der Waals surface area contributed by atoms with Gasteiger partial charge in [-0.25, -0.2) is 0 Å². The molecule has 0 spiro atoms. The SMILES string of the molecule is OC[C@H]1O[C@H]2NC(=S)O[C@@H]2[C@H]1O. The van der Waals surface area contributed by atoms with Gasteiger partial charge in [0, 0.05) is 0 Å². The van der Waals surface area contributed by atoms with E-state index in [-0.39, 0.29) is 11.8 Å². The predicted octanol–water partition coefficient (Wildman–Crippen LogP) is -1.66. The molecule has 0 amide bonds. The Morgan fingerprint density at radius 2 is 2.33 bits per heavy atom. The summed E-state index contributed by atoms with van der Waals surface area (Å²) in [4.78, 5) is 0. The van der Waals surface area contributed by atoms with Gasteiger partial charge in [-0.15, -0.1) is 0 Å². The molecule has 2 fully saturated rings. The highest BCUT2D eigenvalue weighted by Gasteiger charge is 2.49. The van der Waals surface area contributed by atoms with Gasteiger partial charge in [0.1, 0.15) is 12.2 Å². The van der Waals surface area contributed by atoms with Crippen LogP contribution in [0.3, 0.4) is 0 Å². The zero-order chi connectivity index (χ0) is 8.72. The summed E-state index contributed by atoms with van der Waals surface area (Å²) in [5, 5.41) is 21.2. The van der Waals surface area contributed by atoms with E-state index < -0.39 is 24.5 Å². The van der Waals surface area contributed by atoms with Crippen molar-refractivity contribution in [3.05, 3.63) is 0 Å². The van der Waals surface area contributed by atoms with Crippen molar-refractivity contribution >= 4 is 17.4 Å². The van der Waals surface area contributed by atoms with Crippen molar-refractivity contribution in [1.82, 2.24) is 5.32 Å². The van der Waals surface area contributed by atoms with Gasteiger partial charge in [-0.05, 0) is 12.2 Å². The van der Waals surface area contributed by atoms with Gasteiger partial charge in [0.05, 0.1) is 6.61 Å². The Morgan fingerprint density at radius 1 is 1.58 bits per heavy atom. The third-order valence-electron chi connectivity index (χ3n) is 2.02. The van der Waals surface area contributed by atoms with Crippen LogP contribution in [0.25, 0.3) is 0 Å². The van der Waals surface area contributed by atoms with E-state index in [0.29, 0.717) is 0 Å². The molecule has 12 heavy (non-hydrogen) atoms. The number of aliphatic hydroxyl groups is 2. The number of aliphatic hydroxyl groups excluding tert-OH is 2. The fraction of sp³-hybridized carbons (Fsp3) is 0.833. The van der Waals surface area contributed by atoms with Crippen LogP contribution >= 0.6 is 12.2 Å². The van der Waals surface area contributed by atoms with Crippen LogP contribution in [0.15, 0.2) is 0 Å². The van der Waals surface area contributed by atoms with E-state index in [4.69, 9.17) is 26.8 Å². The van der Waals surface area contributed by atoms with Crippen molar-refractivity contribution in [3.8, 4) is 0 Å². The Kier molecular flexibility index (Phi) is 1.91. The predicted molar refractivity (Wildman–Crippen MR) is 42.4 cm³/mol. The van der Waals surface area contributed by atoms with E-state index in [1.165, 1.54) is 0 Å². The molecule has 4 atom stereocenters. The molecule has 2 saturated heterocycles. The first-order valence-corrected chi connectivity index (χ1v) is 4.04. The second-order valence-corrected chi connectivity index (χ2v) is 3.15. The minimum atomic E-state index is -0.812. The minimum absolute atomic E-state index is 0.216. The molecule has 2 heterocycles. The van der Waals surface area contributed by atoms with Crippen LogP contribution in [0.5, 0.6) is 0 Å². The van der Waals surface area contributed by atoms with Crippen LogP contribution in [0, 0.1) is 0 Å². The molecule has 5 nitrogen and oxygen atoms in total. The van der Waals surface area contributed by atoms with E-state index >= 15 is 0 Å². The fourth-order valence-corrected chi connectivity index (χ4v) is 1.64. The van der Waals surface area contributed by atoms with Crippen LogP contribution in [0.1, 0.15) is 0 Å². The van der Waals surface area contributed by atoms with Gasteiger partial charge in [-0.1, -0.05) is 0 Å². The summed E-state index contributed by atoms with van der Waals surface area (Å²) in [5.41, 5.74) is 0. The number of nitrogens with one attached hydrogen (secondary N) is 1. The van der Waals surface area contributed by atoms with Gasteiger partial charge in [-0.2, -0.15) is 0 Å². The number of fused-ring (bicyclic) bond motifs is 1. The summed E-state index contributed by atoms with van der Waals surface area (Å²) in [6.45, 7) is -0.216. The minimum Gasteiger partial charge on any atom is -0.460 e. The van der Waals surface area contributed by atoms with E-state index in [0.717, 1.165) is 0 Å². The maximum atomic E-state index is 9.47. The van der Waals surface area contributed by atoms with Crippen molar-refractivity contribution < 1.29 is 19.7 Å². The summed E-state index contributed by atoms with van der Waals surface area (Å²) in [5.74, 6) is 0. The third kappa shape index (κ3) is 1.08. The van der Waals surface area contributed by atoms with Gasteiger partial charge in [0.15, 0.2) is 12.3 Å². The van der Waals surface area contributed by atoms with E-state index in [2.05, 4.69) is 5.32 Å². The lowest BCUT2D eigenvalue weighted by Crippen LogP contribution is -2.33. The Labute approximate surface area is 74.3 Å². The molecule has 0 aromatic heterocycles. The Hall–Kier alpha value is -0.430. The van der Waals surface area contributed by atoms with E-state index in [9.17, 15) is 5.11 Å². The normalized spacial score (nSPS) is 45.3. The van der Waals surface area contributed by atoms with Crippen molar-refractivity contribution in [2.75, 3.05) is 6.61 Å². The molecular formula is C6H9NO4S. The molecule has 0 bridgehead atoms. The van der Waals surface area contributed by atoms with Crippen LogP contribution in [-0.4, -0.2) is 46.5 Å². The largest absolute Gasteiger partial charge is 0.460 e. The first-order valence-electron chi connectivity index (χ1n) is 3.64. The van der Waals surface area contributed by atoms with E-state index in [1.54, 1.807) is 0 Å². The van der Waals surface area contributed by atoms with E-state index in [1.807, 2.05) is 0 Å². The molecule has 0 radical (unpaired) electrons. The molecular weight excluding hydrogens is 182 g/mol. The molecule has 2 aliphatic rings. The lowest BCUT2D eigenvalue weighted by atomic mass is 10.1. The molecule has 6 heteroatoms. The quantitative estimate of drug-likeness (QED) is 0.431. The zero-order valence-corrected chi connectivity index (χ0v) is 6.95. The second kappa shape index (κ2) is 2.81. The van der Waals surface area contributed by atoms with Crippen LogP contribution in [-0.2, 0) is 9.47 Å². The molecule has 0 saturated carbocycles. The maximum absolute atomic E-state index is 9.47. The van der Waals surface area contributed by atoms with Crippen molar-refractivity contribution in [1.29, 1.82) is 0 Å². The van der Waals surface area contributed by atoms with Gasteiger partial charge < -0.3 is 25.0 Å². The number of ether oxygens (including phenoxy) is 2. The van der Waals surface area contributed by atoms with Crippen LogP contribution in [0.4, 0.5) is 0 Å². The van der Waals surface area contributed by atoms with Gasteiger partial charge >= 0.3 is 0 Å². The summed E-state index contributed by atoms with van der Waals surface area (Å²) < 4.78 is 10.3. The average Bonchev–Trinajstić information content (AvgIpc) is 2.51. The summed E-state index contributed by atoms with van der Waals surface area (Å²) in [6, 6.07) is 0. The van der Waals surface area contributed by atoms with Gasteiger partial charge in [0.25, 0.3) is 5.17 Å². The first-order chi connectivity index (χ1) is 5.72. The summed E-state index contributed by atoms with van der Waals surface area (Å²) in [7, 11) is 0. The second-order valence-electron chi connectivity index (χ2n) is 2.78. The number of thiocarbonyl (C=S) groups is 1. The number of hydrogen-bond acceptors (Lipinski definition) is 5. The average molecular weight is 191 g/mol. The Bertz CT molecular complexity index is 212. The lowest BCUT2D eigenvalue weighted by Gasteiger charge is -2.13. The Morgan fingerprint density at radius 3 is 2.92 bits per heavy atom. The molecule has 0 aromatic rings. The standard InChI is InChI=1S/C6H9NO4S/c8-1-2-3(9)4-5(10-2)7-6(12)11-4/h2-5,8-9H,1H2,(H,7,12)/t2-,3+,4-,5-/m1/s1. The molecule has 2 rings (SSSR count). The summed E-state index contributed by atoms with van der Waals surface area (Å²) >= 11 is 4.71. The topological polar surface area (TPSA) is 71.0 Å². The Balaban J connectivity index is 2.08. The molecule has 2 aliphatic heterocycles. The highest BCUT2D eigenvalue weighted by atomic mass is 32.1. The van der Waals surface area contributed by atoms with Crippen LogP contribution in [0.2, 0.25) is 0 Å². The van der Waals surface area contributed by atoms with Gasteiger partial charge in [0.2, 0.25) is 0 Å². The molecule has 0 aromatic carbocycles. The molecule has 0 aliphatic carbocycles. The zero-order valence-electron chi connectivity index (χ0n) is 6.14. The molecule has 68 valence electrons. The smallest absolute Gasteiger partial charge is 0.259 e. The van der Waals surface area contributed by atoms with Crippen molar-refractivity contribution in [2.45, 2.75) is 24.5 Å². The number of hydrogen-bond donors (Lipinski definition) is 3. The third-order valence-corrected chi connectivity index (χ3v) is 2.23. The highest BCUT2D eigenvalue weighted by molar-refractivity contribution is 7.80.